The SMILES string of the molecule is CCNC(COCC)c1cccc2cnccc12. The Kier molecular flexibility index (Phi) is 4.67. The van der Waals surface area contributed by atoms with E-state index in [-0.39, 0.29) is 6.04 Å². The average molecular weight is 244 g/mol. The van der Waals surface area contributed by atoms with Gasteiger partial charge < -0.3 is 10.1 Å². The minimum Gasteiger partial charge on any atom is -0.380 e. The Morgan fingerprint density at radius 3 is 2.94 bits per heavy atom. The van der Waals surface area contributed by atoms with E-state index in [1.807, 2.05) is 19.3 Å². The lowest BCUT2D eigenvalue weighted by molar-refractivity contribution is 0.124. The maximum Gasteiger partial charge on any atom is 0.0661 e. The van der Waals surface area contributed by atoms with Gasteiger partial charge in [-0.15, -0.1) is 0 Å². The van der Waals surface area contributed by atoms with Crippen LogP contribution in [0.4, 0.5) is 0 Å². The zero-order valence-corrected chi connectivity index (χ0v) is 11.0. The minimum absolute atomic E-state index is 0.237. The van der Waals surface area contributed by atoms with Gasteiger partial charge in [-0.2, -0.15) is 0 Å². The number of nitrogens with one attached hydrogen (secondary N) is 1. The van der Waals surface area contributed by atoms with Gasteiger partial charge in [0.15, 0.2) is 0 Å². The zero-order chi connectivity index (χ0) is 12.8. The number of ether oxygens (including phenoxy) is 1. The smallest absolute Gasteiger partial charge is 0.0661 e. The van der Waals surface area contributed by atoms with Gasteiger partial charge in [0.1, 0.15) is 0 Å². The monoisotopic (exact) mass is 244 g/mol. The lowest BCUT2D eigenvalue weighted by Gasteiger charge is -2.19. The Bertz CT molecular complexity index is 493. The second-order valence-electron chi connectivity index (χ2n) is 4.21. The van der Waals surface area contributed by atoms with E-state index < -0.39 is 0 Å². The van der Waals surface area contributed by atoms with Gasteiger partial charge in [-0.1, -0.05) is 25.1 Å². The molecule has 0 saturated heterocycles. The maximum absolute atomic E-state index is 5.57. The molecule has 3 nitrogen and oxygen atoms in total. The number of nitrogens with zero attached hydrogens (tertiary/aromatic N) is 1. The van der Waals surface area contributed by atoms with E-state index in [0.29, 0.717) is 6.61 Å². The Hall–Kier alpha value is -1.45. The van der Waals surface area contributed by atoms with Gasteiger partial charge in [-0.3, -0.25) is 4.98 Å². The van der Waals surface area contributed by atoms with Crippen molar-refractivity contribution in [3.05, 3.63) is 42.2 Å². The van der Waals surface area contributed by atoms with E-state index in [9.17, 15) is 0 Å². The van der Waals surface area contributed by atoms with Gasteiger partial charge >= 0.3 is 0 Å². The molecular formula is C15H20N2O. The van der Waals surface area contributed by atoms with Crippen LogP contribution in [0, 0.1) is 0 Å². The first kappa shape index (κ1) is 13.0. The minimum atomic E-state index is 0.237. The van der Waals surface area contributed by atoms with Crippen molar-refractivity contribution in [1.29, 1.82) is 0 Å². The summed E-state index contributed by atoms with van der Waals surface area (Å²) < 4.78 is 5.57. The van der Waals surface area contributed by atoms with Crippen LogP contribution < -0.4 is 5.32 Å². The Labute approximate surface area is 108 Å². The van der Waals surface area contributed by atoms with Crippen molar-refractivity contribution in [2.75, 3.05) is 19.8 Å². The Morgan fingerprint density at radius 2 is 2.17 bits per heavy atom. The summed E-state index contributed by atoms with van der Waals surface area (Å²) in [6.45, 7) is 6.51. The molecule has 0 aliphatic rings. The quantitative estimate of drug-likeness (QED) is 0.848. The highest BCUT2D eigenvalue weighted by atomic mass is 16.5. The molecule has 1 atom stereocenters. The summed E-state index contributed by atoms with van der Waals surface area (Å²) in [6.07, 6.45) is 3.75. The fraction of sp³-hybridized carbons (Fsp3) is 0.400. The largest absolute Gasteiger partial charge is 0.380 e. The molecule has 1 aromatic heterocycles. The van der Waals surface area contributed by atoms with Gasteiger partial charge in [0.2, 0.25) is 0 Å². The maximum atomic E-state index is 5.57. The summed E-state index contributed by atoms with van der Waals surface area (Å²) in [5, 5.41) is 5.90. The van der Waals surface area contributed by atoms with E-state index in [1.165, 1.54) is 16.3 Å². The highest BCUT2D eigenvalue weighted by Crippen LogP contribution is 2.23. The molecule has 96 valence electrons. The van der Waals surface area contributed by atoms with Gasteiger partial charge in [0.05, 0.1) is 12.6 Å². The zero-order valence-electron chi connectivity index (χ0n) is 11.0. The average Bonchev–Trinajstić information content (AvgIpc) is 2.43. The Morgan fingerprint density at radius 1 is 1.28 bits per heavy atom. The number of hydrogen-bond acceptors (Lipinski definition) is 3. The first-order valence-electron chi connectivity index (χ1n) is 6.50. The van der Waals surface area contributed by atoms with Gasteiger partial charge in [-0.05, 0) is 30.5 Å². The molecule has 1 heterocycles. The normalized spacial score (nSPS) is 12.8. The molecule has 2 aromatic rings. The number of hydrogen-bond donors (Lipinski definition) is 1. The van der Waals surface area contributed by atoms with Crippen LogP contribution in [0.25, 0.3) is 10.8 Å². The van der Waals surface area contributed by atoms with Crippen molar-refractivity contribution < 1.29 is 4.74 Å². The molecule has 0 fully saturated rings. The number of rotatable bonds is 6. The third-order valence-corrected chi connectivity index (χ3v) is 3.03. The number of aromatic nitrogens is 1. The fourth-order valence-corrected chi connectivity index (χ4v) is 2.19. The van der Waals surface area contributed by atoms with Gasteiger partial charge in [0, 0.05) is 24.4 Å². The molecule has 1 N–H and O–H groups in total. The molecule has 0 amide bonds. The standard InChI is InChI=1S/C15H20N2O/c1-3-17-15(11-18-4-2)14-7-5-6-12-10-16-9-8-13(12)14/h5-10,15,17H,3-4,11H2,1-2H3. The highest BCUT2D eigenvalue weighted by Gasteiger charge is 2.13. The van der Waals surface area contributed by atoms with Crippen LogP contribution in [0.2, 0.25) is 0 Å². The van der Waals surface area contributed by atoms with E-state index in [1.54, 1.807) is 0 Å². The van der Waals surface area contributed by atoms with E-state index in [2.05, 4.69) is 41.5 Å². The summed E-state index contributed by atoms with van der Waals surface area (Å²) >= 11 is 0. The molecule has 0 radical (unpaired) electrons. The van der Waals surface area contributed by atoms with Crippen molar-refractivity contribution in [2.24, 2.45) is 0 Å². The van der Waals surface area contributed by atoms with Crippen LogP contribution in [0.5, 0.6) is 0 Å². The molecule has 0 spiro atoms. The molecule has 18 heavy (non-hydrogen) atoms. The predicted molar refractivity (Wildman–Crippen MR) is 74.7 cm³/mol. The summed E-state index contributed by atoms with van der Waals surface area (Å²) in [7, 11) is 0. The number of fused-ring (bicyclic) bond motifs is 1. The summed E-state index contributed by atoms with van der Waals surface area (Å²) in [6, 6.07) is 8.64. The van der Waals surface area contributed by atoms with Crippen molar-refractivity contribution in [3.8, 4) is 0 Å². The summed E-state index contributed by atoms with van der Waals surface area (Å²) in [4.78, 5) is 4.17. The van der Waals surface area contributed by atoms with E-state index >= 15 is 0 Å². The molecular weight excluding hydrogens is 224 g/mol. The van der Waals surface area contributed by atoms with E-state index in [0.717, 1.165) is 13.2 Å². The summed E-state index contributed by atoms with van der Waals surface area (Å²) in [5.74, 6) is 0. The second-order valence-corrected chi connectivity index (χ2v) is 4.21. The molecule has 1 unspecified atom stereocenters. The second kappa shape index (κ2) is 6.47. The molecule has 2 rings (SSSR count). The van der Waals surface area contributed by atoms with Crippen LogP contribution in [0.15, 0.2) is 36.7 Å². The lowest BCUT2D eigenvalue weighted by atomic mass is 10.0. The van der Waals surface area contributed by atoms with Crippen LogP contribution in [0.3, 0.4) is 0 Å². The lowest BCUT2D eigenvalue weighted by Crippen LogP contribution is -2.25. The van der Waals surface area contributed by atoms with Crippen molar-refractivity contribution in [1.82, 2.24) is 10.3 Å². The van der Waals surface area contributed by atoms with E-state index in [4.69, 9.17) is 4.74 Å². The van der Waals surface area contributed by atoms with Crippen LogP contribution in [-0.2, 0) is 4.74 Å². The molecule has 0 aliphatic heterocycles. The van der Waals surface area contributed by atoms with Gasteiger partial charge in [-0.25, -0.2) is 0 Å². The number of likely N-dealkylation sites (N-methyl/N-ethyl adjacent to an activating group) is 1. The molecule has 3 heteroatoms. The summed E-state index contributed by atoms with van der Waals surface area (Å²) in [5.41, 5.74) is 1.28. The van der Waals surface area contributed by atoms with Gasteiger partial charge in [0.25, 0.3) is 0 Å². The van der Waals surface area contributed by atoms with Crippen LogP contribution >= 0.6 is 0 Å². The predicted octanol–water partition coefficient (Wildman–Crippen LogP) is 2.92. The molecule has 1 aromatic carbocycles. The molecule has 0 bridgehead atoms. The van der Waals surface area contributed by atoms with Crippen LogP contribution in [0.1, 0.15) is 25.5 Å². The highest BCUT2D eigenvalue weighted by molar-refractivity contribution is 5.85. The Balaban J connectivity index is 2.36. The van der Waals surface area contributed by atoms with Crippen molar-refractivity contribution in [3.63, 3.8) is 0 Å². The van der Waals surface area contributed by atoms with Crippen LogP contribution in [-0.4, -0.2) is 24.7 Å². The third kappa shape index (κ3) is 2.86. The molecule has 0 saturated carbocycles. The van der Waals surface area contributed by atoms with Crippen molar-refractivity contribution in [2.45, 2.75) is 19.9 Å². The third-order valence-electron chi connectivity index (χ3n) is 3.03. The molecule has 0 aliphatic carbocycles. The fourth-order valence-electron chi connectivity index (χ4n) is 2.19. The first-order chi connectivity index (χ1) is 8.86. The number of pyridine rings is 1. The topological polar surface area (TPSA) is 34.1 Å². The number of benzene rings is 1. The van der Waals surface area contributed by atoms with Crippen molar-refractivity contribution >= 4 is 10.8 Å². The first-order valence-corrected chi connectivity index (χ1v) is 6.50.